The summed E-state index contributed by atoms with van der Waals surface area (Å²) in [5.74, 6) is 1.27. The zero-order valence-corrected chi connectivity index (χ0v) is 15.1. The highest BCUT2D eigenvalue weighted by Crippen LogP contribution is 2.40. The molecule has 0 saturated carbocycles. The molecule has 2 aromatic carbocycles. The molecule has 1 heterocycles. The molecule has 0 aliphatic heterocycles. The van der Waals surface area contributed by atoms with E-state index >= 15 is 0 Å². The Morgan fingerprint density at radius 2 is 1.92 bits per heavy atom. The van der Waals surface area contributed by atoms with Crippen LogP contribution in [0.2, 0.25) is 0 Å². The number of fused-ring (bicyclic) bond motifs is 3. The average Bonchev–Trinajstić information content (AvgIpc) is 2.95. The maximum Gasteiger partial charge on any atom is 0.139 e. The molecule has 0 amide bonds. The summed E-state index contributed by atoms with van der Waals surface area (Å²) in [5.41, 5.74) is 4.84. The maximum atomic E-state index is 10.6. The predicted molar refractivity (Wildman–Crippen MR) is 101 cm³/mol. The van der Waals surface area contributed by atoms with E-state index in [4.69, 9.17) is 4.42 Å². The number of hydrogen-bond acceptors (Lipinski definition) is 3. The number of rotatable bonds is 2. The third-order valence-electron chi connectivity index (χ3n) is 4.58. The number of halogens is 1. The van der Waals surface area contributed by atoms with Crippen LogP contribution in [0.25, 0.3) is 11.0 Å². The summed E-state index contributed by atoms with van der Waals surface area (Å²) in [7, 11) is 0. The molecule has 0 radical (unpaired) electrons. The summed E-state index contributed by atoms with van der Waals surface area (Å²) < 4.78 is 6.66. The molecule has 0 fully saturated rings. The number of aromatic hydroxyl groups is 1. The second-order valence-electron chi connectivity index (χ2n) is 6.30. The van der Waals surface area contributed by atoms with Crippen molar-refractivity contribution in [1.29, 1.82) is 0 Å². The Labute approximate surface area is 149 Å². The van der Waals surface area contributed by atoms with Crippen molar-refractivity contribution in [3.63, 3.8) is 0 Å². The molecular weight excluding hydrogens is 366 g/mol. The monoisotopic (exact) mass is 383 g/mol. The maximum absolute atomic E-state index is 10.6. The van der Waals surface area contributed by atoms with Crippen molar-refractivity contribution in [2.45, 2.75) is 32.6 Å². The van der Waals surface area contributed by atoms with Crippen LogP contribution in [0.1, 0.15) is 35.3 Å². The summed E-state index contributed by atoms with van der Waals surface area (Å²) in [5, 5.41) is 11.6. The lowest BCUT2D eigenvalue weighted by molar-refractivity contribution is 0.471. The largest absolute Gasteiger partial charge is 0.506 e. The van der Waals surface area contributed by atoms with E-state index in [2.05, 4.69) is 27.8 Å². The molecule has 4 heteroatoms. The molecule has 0 unspecified atom stereocenters. The number of nitrogens with zero attached hydrogens (tertiary/aromatic N) is 1. The third-order valence-corrected chi connectivity index (χ3v) is 5.19. The number of hydrogen-bond donors (Lipinski definition) is 1. The van der Waals surface area contributed by atoms with Crippen LogP contribution >= 0.6 is 15.9 Å². The Bertz CT molecular complexity index is 939. The van der Waals surface area contributed by atoms with E-state index in [1.54, 1.807) is 6.21 Å². The highest BCUT2D eigenvalue weighted by Gasteiger charge is 2.22. The van der Waals surface area contributed by atoms with Gasteiger partial charge in [-0.3, -0.25) is 4.99 Å². The van der Waals surface area contributed by atoms with Crippen molar-refractivity contribution in [2.75, 3.05) is 0 Å². The minimum absolute atomic E-state index is 0.215. The molecule has 0 saturated heterocycles. The molecule has 24 heavy (non-hydrogen) atoms. The fourth-order valence-corrected chi connectivity index (χ4v) is 3.73. The van der Waals surface area contributed by atoms with Crippen LogP contribution in [-0.2, 0) is 12.8 Å². The zero-order valence-electron chi connectivity index (χ0n) is 13.5. The topological polar surface area (TPSA) is 45.7 Å². The first-order chi connectivity index (χ1) is 11.6. The molecule has 4 rings (SSSR count). The lowest BCUT2D eigenvalue weighted by Gasteiger charge is -2.10. The van der Waals surface area contributed by atoms with Crippen LogP contribution in [0, 0.1) is 6.92 Å². The van der Waals surface area contributed by atoms with Crippen molar-refractivity contribution in [3.8, 4) is 5.75 Å². The van der Waals surface area contributed by atoms with Gasteiger partial charge in [-0.15, -0.1) is 0 Å². The van der Waals surface area contributed by atoms with Gasteiger partial charge in [-0.1, -0.05) is 17.7 Å². The Hall–Kier alpha value is -2.07. The van der Waals surface area contributed by atoms with E-state index in [0.717, 1.165) is 53.7 Å². The van der Waals surface area contributed by atoms with Gasteiger partial charge in [0.25, 0.3) is 0 Å². The lowest BCUT2D eigenvalue weighted by Crippen LogP contribution is -1.99. The molecular formula is C20H18BrNO2. The number of phenolic OH excluding ortho intramolecular Hbond substituents is 1. The highest BCUT2D eigenvalue weighted by atomic mass is 79.9. The zero-order chi connectivity index (χ0) is 16.7. The minimum Gasteiger partial charge on any atom is -0.506 e. The van der Waals surface area contributed by atoms with Gasteiger partial charge >= 0.3 is 0 Å². The Morgan fingerprint density at radius 1 is 1.17 bits per heavy atom. The fraction of sp³-hybridized carbons (Fsp3) is 0.250. The molecule has 3 nitrogen and oxygen atoms in total. The van der Waals surface area contributed by atoms with Crippen LogP contribution in [0.4, 0.5) is 5.69 Å². The van der Waals surface area contributed by atoms with Gasteiger partial charge in [0.15, 0.2) is 0 Å². The van der Waals surface area contributed by atoms with Gasteiger partial charge in [-0.05, 0) is 60.3 Å². The predicted octanol–water partition coefficient (Wildman–Crippen LogP) is 5.84. The summed E-state index contributed by atoms with van der Waals surface area (Å²) in [6.45, 7) is 2.05. The van der Waals surface area contributed by atoms with Crippen LogP contribution in [-0.4, -0.2) is 11.3 Å². The van der Waals surface area contributed by atoms with Crippen LogP contribution < -0.4 is 0 Å². The second-order valence-corrected chi connectivity index (χ2v) is 7.15. The summed E-state index contributed by atoms with van der Waals surface area (Å²) in [6, 6.07) is 9.86. The minimum atomic E-state index is 0.215. The number of aliphatic imine (C=N–C) groups is 1. The fourth-order valence-electron chi connectivity index (χ4n) is 3.31. The van der Waals surface area contributed by atoms with E-state index in [0.29, 0.717) is 4.47 Å². The first-order valence-electron chi connectivity index (χ1n) is 8.20. The van der Waals surface area contributed by atoms with Gasteiger partial charge in [-0.2, -0.15) is 0 Å². The number of aryl methyl sites for hydroxylation is 3. The summed E-state index contributed by atoms with van der Waals surface area (Å²) in [6.07, 6.45) is 6.03. The number of furan rings is 1. The summed E-state index contributed by atoms with van der Waals surface area (Å²) in [4.78, 5) is 4.55. The summed E-state index contributed by atoms with van der Waals surface area (Å²) >= 11 is 3.42. The van der Waals surface area contributed by atoms with Crippen molar-refractivity contribution >= 4 is 38.8 Å². The molecule has 1 aliphatic carbocycles. The average molecular weight is 384 g/mol. The third kappa shape index (κ3) is 2.65. The molecule has 122 valence electrons. The molecule has 0 bridgehead atoms. The van der Waals surface area contributed by atoms with Crippen molar-refractivity contribution < 1.29 is 9.52 Å². The molecule has 0 atom stereocenters. The highest BCUT2D eigenvalue weighted by molar-refractivity contribution is 9.10. The van der Waals surface area contributed by atoms with E-state index in [1.807, 2.05) is 30.3 Å². The Balaban J connectivity index is 1.88. The molecule has 0 spiro atoms. The van der Waals surface area contributed by atoms with Crippen LogP contribution in [0.5, 0.6) is 5.75 Å². The van der Waals surface area contributed by atoms with Crippen LogP contribution in [0.3, 0.4) is 0 Å². The molecule has 3 aromatic rings. The second kappa shape index (κ2) is 6.10. The van der Waals surface area contributed by atoms with E-state index < -0.39 is 0 Å². The molecule has 1 aromatic heterocycles. The number of benzene rings is 2. The van der Waals surface area contributed by atoms with Gasteiger partial charge in [-0.25, -0.2) is 0 Å². The number of phenols is 1. The van der Waals surface area contributed by atoms with Gasteiger partial charge in [0.2, 0.25) is 0 Å². The first kappa shape index (κ1) is 15.5. The van der Waals surface area contributed by atoms with E-state index in [1.165, 1.54) is 11.1 Å². The van der Waals surface area contributed by atoms with Crippen molar-refractivity contribution in [2.24, 2.45) is 4.99 Å². The normalized spacial score (nSPS) is 14.4. The lowest BCUT2D eigenvalue weighted by atomic mass is 9.94. The standard InChI is InChI=1S/C20H18BrNO2/c1-12-6-8-13(9-7-12)22-11-15-19-14-4-2-3-5-17(14)24-18(19)10-16(21)20(15)23/h6-11,23H,2-5H2,1H3. The Morgan fingerprint density at radius 3 is 2.71 bits per heavy atom. The smallest absolute Gasteiger partial charge is 0.139 e. The van der Waals surface area contributed by atoms with Gasteiger partial charge in [0.1, 0.15) is 17.1 Å². The molecule has 1 N–H and O–H groups in total. The van der Waals surface area contributed by atoms with Crippen LogP contribution in [0.15, 0.2) is 44.2 Å². The quantitative estimate of drug-likeness (QED) is 0.565. The molecule has 1 aliphatic rings. The van der Waals surface area contributed by atoms with Gasteiger partial charge in [0.05, 0.1) is 10.2 Å². The van der Waals surface area contributed by atoms with Crippen molar-refractivity contribution in [1.82, 2.24) is 0 Å². The first-order valence-corrected chi connectivity index (χ1v) is 8.99. The van der Waals surface area contributed by atoms with Crippen molar-refractivity contribution in [3.05, 3.63) is 57.3 Å². The SMILES string of the molecule is Cc1ccc(N=Cc2c(O)c(Br)cc3oc4c(c23)CCCC4)cc1. The van der Waals surface area contributed by atoms with Gasteiger partial charge in [0, 0.05) is 29.1 Å². The van der Waals surface area contributed by atoms with Gasteiger partial charge < -0.3 is 9.52 Å². The van der Waals surface area contributed by atoms with E-state index in [-0.39, 0.29) is 5.75 Å². The van der Waals surface area contributed by atoms with E-state index in [9.17, 15) is 5.11 Å². The Kier molecular flexibility index (Phi) is 3.93.